The molecular formula is C15H14Br2ClNO. The molecule has 106 valence electrons. The Labute approximate surface area is 140 Å². The van der Waals surface area contributed by atoms with Gasteiger partial charge in [-0.05, 0) is 35.4 Å². The summed E-state index contributed by atoms with van der Waals surface area (Å²) in [5.41, 5.74) is 7.51. The number of nitrogens with two attached hydrogens (primary N) is 1. The van der Waals surface area contributed by atoms with E-state index in [0.29, 0.717) is 17.1 Å². The van der Waals surface area contributed by atoms with E-state index in [4.69, 9.17) is 17.3 Å². The van der Waals surface area contributed by atoms with Crippen molar-refractivity contribution in [3.63, 3.8) is 0 Å². The minimum atomic E-state index is -0.741. The first kappa shape index (κ1) is 16.0. The highest BCUT2D eigenvalue weighted by atomic mass is 79.9. The number of aliphatic hydroxyl groups is 1. The third kappa shape index (κ3) is 3.62. The van der Waals surface area contributed by atoms with Gasteiger partial charge in [-0.3, -0.25) is 0 Å². The summed E-state index contributed by atoms with van der Waals surface area (Å²) in [7, 11) is 0. The fraction of sp³-hybridized carbons (Fsp3) is 0.200. The minimum Gasteiger partial charge on any atom is -0.388 e. The van der Waals surface area contributed by atoms with Crippen molar-refractivity contribution in [3.8, 4) is 0 Å². The zero-order valence-electron chi connectivity index (χ0n) is 10.6. The summed E-state index contributed by atoms with van der Waals surface area (Å²) in [6.07, 6.45) is -0.741. The first-order chi connectivity index (χ1) is 9.52. The van der Waals surface area contributed by atoms with Gasteiger partial charge >= 0.3 is 0 Å². The molecule has 2 aromatic rings. The van der Waals surface area contributed by atoms with Crippen LogP contribution in [0.25, 0.3) is 0 Å². The van der Waals surface area contributed by atoms with Crippen LogP contribution in [0.2, 0.25) is 5.02 Å². The number of hydrogen-bond donors (Lipinski definition) is 2. The van der Waals surface area contributed by atoms with Crippen LogP contribution in [0.5, 0.6) is 0 Å². The molecule has 0 bridgehead atoms. The molecule has 3 N–H and O–H groups in total. The van der Waals surface area contributed by atoms with Crippen LogP contribution in [0.15, 0.2) is 51.4 Å². The molecule has 0 aliphatic heterocycles. The van der Waals surface area contributed by atoms with Gasteiger partial charge < -0.3 is 10.8 Å². The molecule has 2 nitrogen and oxygen atoms in total. The number of halogens is 3. The Bertz CT molecular complexity index is 606. The molecule has 2 rings (SSSR count). The van der Waals surface area contributed by atoms with Gasteiger partial charge in [-0.1, -0.05) is 61.7 Å². The fourth-order valence-electron chi connectivity index (χ4n) is 2.14. The summed E-state index contributed by atoms with van der Waals surface area (Å²) in [5.74, 6) is -0.203. The Morgan fingerprint density at radius 2 is 1.80 bits per heavy atom. The Morgan fingerprint density at radius 3 is 2.40 bits per heavy atom. The van der Waals surface area contributed by atoms with Gasteiger partial charge in [0.2, 0.25) is 0 Å². The number of aliphatic hydroxyl groups excluding tert-OH is 1. The SMILES string of the molecule is NCC(c1cccc(Br)c1)C(O)c1ccc(Br)cc1Cl. The second-order valence-electron chi connectivity index (χ2n) is 4.51. The lowest BCUT2D eigenvalue weighted by atomic mass is 9.89. The molecule has 5 heteroatoms. The average molecular weight is 420 g/mol. The maximum absolute atomic E-state index is 10.6. The van der Waals surface area contributed by atoms with E-state index in [1.165, 1.54) is 0 Å². The van der Waals surface area contributed by atoms with Crippen LogP contribution in [0.1, 0.15) is 23.1 Å². The lowest BCUT2D eigenvalue weighted by Gasteiger charge is -2.23. The third-order valence-corrected chi connectivity index (χ3v) is 4.51. The van der Waals surface area contributed by atoms with Crippen molar-refractivity contribution in [3.05, 3.63) is 67.6 Å². The van der Waals surface area contributed by atoms with Gasteiger partial charge in [-0.25, -0.2) is 0 Å². The fourth-order valence-corrected chi connectivity index (χ4v) is 3.34. The smallest absolute Gasteiger partial charge is 0.0885 e. The number of hydrogen-bond acceptors (Lipinski definition) is 2. The van der Waals surface area contributed by atoms with Gasteiger partial charge in [0.25, 0.3) is 0 Å². The van der Waals surface area contributed by atoms with Crippen molar-refractivity contribution in [1.29, 1.82) is 0 Å². The van der Waals surface area contributed by atoms with Gasteiger partial charge in [0.15, 0.2) is 0 Å². The molecule has 0 aliphatic rings. The normalized spacial score (nSPS) is 14.1. The Balaban J connectivity index is 2.36. The molecular weight excluding hydrogens is 405 g/mol. The zero-order chi connectivity index (χ0) is 14.7. The van der Waals surface area contributed by atoms with Crippen LogP contribution in [-0.4, -0.2) is 11.7 Å². The van der Waals surface area contributed by atoms with Crippen LogP contribution in [0.3, 0.4) is 0 Å². The van der Waals surface area contributed by atoms with Gasteiger partial charge in [0, 0.05) is 26.4 Å². The lowest BCUT2D eigenvalue weighted by molar-refractivity contribution is 0.147. The molecule has 0 amide bonds. The van der Waals surface area contributed by atoms with Gasteiger partial charge in [0.1, 0.15) is 0 Å². The van der Waals surface area contributed by atoms with E-state index < -0.39 is 6.10 Å². The van der Waals surface area contributed by atoms with E-state index in [-0.39, 0.29) is 5.92 Å². The summed E-state index contributed by atoms with van der Waals surface area (Å²) in [5, 5.41) is 11.1. The molecule has 20 heavy (non-hydrogen) atoms. The molecule has 0 fully saturated rings. The summed E-state index contributed by atoms with van der Waals surface area (Å²) in [6, 6.07) is 13.2. The van der Waals surface area contributed by atoms with E-state index in [9.17, 15) is 5.11 Å². The van der Waals surface area contributed by atoms with E-state index in [0.717, 1.165) is 14.5 Å². The van der Waals surface area contributed by atoms with Crippen molar-refractivity contribution in [2.24, 2.45) is 5.73 Å². The average Bonchev–Trinajstić information content (AvgIpc) is 2.39. The van der Waals surface area contributed by atoms with Crippen molar-refractivity contribution in [1.82, 2.24) is 0 Å². The minimum absolute atomic E-state index is 0.203. The second kappa shape index (κ2) is 7.05. The van der Waals surface area contributed by atoms with Crippen molar-refractivity contribution >= 4 is 43.5 Å². The number of benzene rings is 2. The highest BCUT2D eigenvalue weighted by Crippen LogP contribution is 2.35. The van der Waals surface area contributed by atoms with E-state index in [1.807, 2.05) is 36.4 Å². The molecule has 0 saturated heterocycles. The second-order valence-corrected chi connectivity index (χ2v) is 6.75. The van der Waals surface area contributed by atoms with Crippen molar-refractivity contribution in [2.45, 2.75) is 12.0 Å². The summed E-state index contributed by atoms with van der Waals surface area (Å²) in [6.45, 7) is 0.337. The first-order valence-corrected chi connectivity index (χ1v) is 8.08. The van der Waals surface area contributed by atoms with E-state index in [1.54, 1.807) is 6.07 Å². The molecule has 0 spiro atoms. The molecule has 0 aromatic heterocycles. The lowest BCUT2D eigenvalue weighted by Crippen LogP contribution is -2.20. The predicted octanol–water partition coefficient (Wildman–Crippen LogP) is 4.64. The Kier molecular flexibility index (Phi) is 5.64. The van der Waals surface area contributed by atoms with Crippen LogP contribution in [0, 0.1) is 0 Å². The van der Waals surface area contributed by atoms with Gasteiger partial charge in [0.05, 0.1) is 6.10 Å². The molecule has 0 heterocycles. The van der Waals surface area contributed by atoms with Crippen LogP contribution in [-0.2, 0) is 0 Å². The zero-order valence-corrected chi connectivity index (χ0v) is 14.5. The van der Waals surface area contributed by atoms with E-state index in [2.05, 4.69) is 31.9 Å². The third-order valence-electron chi connectivity index (χ3n) is 3.19. The van der Waals surface area contributed by atoms with Gasteiger partial charge in [-0.2, -0.15) is 0 Å². The van der Waals surface area contributed by atoms with Crippen LogP contribution < -0.4 is 5.73 Å². The van der Waals surface area contributed by atoms with Gasteiger partial charge in [-0.15, -0.1) is 0 Å². The molecule has 0 saturated carbocycles. The molecule has 2 unspecified atom stereocenters. The summed E-state index contributed by atoms with van der Waals surface area (Å²) < 4.78 is 1.84. The monoisotopic (exact) mass is 417 g/mol. The van der Waals surface area contributed by atoms with Crippen LogP contribution >= 0.6 is 43.5 Å². The largest absolute Gasteiger partial charge is 0.388 e. The van der Waals surface area contributed by atoms with E-state index >= 15 is 0 Å². The quantitative estimate of drug-likeness (QED) is 0.758. The van der Waals surface area contributed by atoms with Crippen molar-refractivity contribution < 1.29 is 5.11 Å². The molecule has 2 atom stereocenters. The Morgan fingerprint density at radius 1 is 1.10 bits per heavy atom. The summed E-state index contributed by atoms with van der Waals surface area (Å²) >= 11 is 13.0. The van der Waals surface area contributed by atoms with Crippen LogP contribution in [0.4, 0.5) is 0 Å². The molecule has 0 aliphatic carbocycles. The topological polar surface area (TPSA) is 46.2 Å². The first-order valence-electron chi connectivity index (χ1n) is 6.11. The number of rotatable bonds is 4. The maximum Gasteiger partial charge on any atom is 0.0885 e. The predicted molar refractivity (Wildman–Crippen MR) is 90.0 cm³/mol. The standard InChI is InChI=1S/C15H14Br2ClNO/c16-10-3-1-2-9(6-10)13(8-19)15(20)12-5-4-11(17)7-14(12)18/h1-7,13,15,20H,8,19H2. The highest BCUT2D eigenvalue weighted by molar-refractivity contribution is 9.10. The van der Waals surface area contributed by atoms with Crippen molar-refractivity contribution in [2.75, 3.05) is 6.54 Å². The maximum atomic E-state index is 10.6. The molecule has 2 aromatic carbocycles. The Hall–Kier alpha value is -0.390. The highest BCUT2D eigenvalue weighted by Gasteiger charge is 2.23. The summed E-state index contributed by atoms with van der Waals surface area (Å²) in [4.78, 5) is 0. The molecule has 0 radical (unpaired) electrons.